The number of hydrogen-bond donors (Lipinski definition) is 0. The molecule has 0 saturated carbocycles. The summed E-state index contributed by atoms with van der Waals surface area (Å²) in [7, 11) is 1.54. The molecule has 0 aliphatic carbocycles. The highest BCUT2D eigenvalue weighted by atomic mass is 16.8. The van der Waals surface area contributed by atoms with Crippen LogP contribution in [0.4, 0.5) is 0 Å². The topological polar surface area (TPSA) is 153 Å². The highest BCUT2D eigenvalue weighted by Crippen LogP contribution is 2.35. The highest BCUT2D eigenvalue weighted by molar-refractivity contribution is 5.89. The summed E-state index contributed by atoms with van der Waals surface area (Å²) in [6.45, 7) is 1.94. The fourth-order valence-electron chi connectivity index (χ4n) is 8.75. The molecule has 74 heavy (non-hydrogen) atoms. The van der Waals surface area contributed by atoms with E-state index >= 15 is 0 Å². The average Bonchev–Trinajstić information content (AvgIpc) is 3.44. The molecule has 388 valence electrons. The largest absolute Gasteiger partial charge is 0.457 e. The Bertz CT molecular complexity index is 2570. The van der Waals surface area contributed by atoms with Crippen LogP contribution in [0.1, 0.15) is 57.9 Å². The van der Waals surface area contributed by atoms with Crippen LogP contribution in [0.5, 0.6) is 0 Å². The molecule has 14 heteroatoms. The van der Waals surface area contributed by atoms with E-state index in [4.69, 9.17) is 52.1 Å². The summed E-state index contributed by atoms with van der Waals surface area (Å²) in [6, 6.07) is 56.8. The summed E-state index contributed by atoms with van der Waals surface area (Å²) in [5.74, 6) is -1.56. The minimum absolute atomic E-state index is 0.0260. The Hall–Kier alpha value is -6.43. The molecule has 0 bridgehead atoms. The molecule has 6 aromatic rings. The smallest absolute Gasteiger partial charge is 0.338 e. The van der Waals surface area contributed by atoms with Gasteiger partial charge in [-0.2, -0.15) is 0 Å². The van der Waals surface area contributed by atoms with Gasteiger partial charge in [0.15, 0.2) is 24.8 Å². The van der Waals surface area contributed by atoms with Crippen LogP contribution in [-0.2, 0) is 94.7 Å². The molecule has 6 aromatic carbocycles. The average molecular weight is 1010 g/mol. The van der Waals surface area contributed by atoms with E-state index in [1.807, 2.05) is 152 Å². The van der Waals surface area contributed by atoms with E-state index in [0.29, 0.717) is 0 Å². The normalized spacial score (nSPS) is 23.6. The van der Waals surface area contributed by atoms with Gasteiger partial charge in [-0.15, -0.1) is 0 Å². The van der Waals surface area contributed by atoms with Gasteiger partial charge in [-0.25, -0.2) is 4.79 Å². The monoisotopic (exact) mass is 1010 g/mol. The Kier molecular flexibility index (Phi) is 20.6. The van der Waals surface area contributed by atoms with E-state index in [0.717, 1.165) is 27.8 Å². The molecule has 10 atom stereocenters. The van der Waals surface area contributed by atoms with Crippen LogP contribution in [0.3, 0.4) is 0 Å². The molecule has 0 unspecified atom stereocenters. The molecule has 2 saturated heterocycles. The van der Waals surface area contributed by atoms with Crippen LogP contribution in [0.2, 0.25) is 0 Å². The number of benzene rings is 6. The minimum atomic E-state index is -1.38. The molecule has 0 aromatic heterocycles. The van der Waals surface area contributed by atoms with Gasteiger partial charge in [0.1, 0.15) is 42.4 Å². The van der Waals surface area contributed by atoms with Crippen molar-refractivity contribution in [3.05, 3.63) is 215 Å². The molecule has 2 fully saturated rings. The van der Waals surface area contributed by atoms with Gasteiger partial charge in [-0.05, 0) is 46.9 Å². The zero-order valence-electron chi connectivity index (χ0n) is 41.7. The van der Waals surface area contributed by atoms with Crippen molar-refractivity contribution in [2.24, 2.45) is 0 Å². The second-order valence-electron chi connectivity index (χ2n) is 18.1. The number of hydrogen-bond acceptors (Lipinski definition) is 14. The lowest BCUT2D eigenvalue weighted by Gasteiger charge is -2.47. The van der Waals surface area contributed by atoms with E-state index in [1.54, 1.807) is 30.3 Å². The first-order valence-corrected chi connectivity index (χ1v) is 25.0. The van der Waals surface area contributed by atoms with Crippen LogP contribution in [0, 0.1) is 0 Å². The van der Waals surface area contributed by atoms with Crippen molar-refractivity contribution in [1.29, 1.82) is 0 Å². The lowest BCUT2D eigenvalue weighted by atomic mass is 9.96. The van der Waals surface area contributed by atoms with Crippen LogP contribution in [-0.4, -0.2) is 99.5 Å². The summed E-state index contributed by atoms with van der Waals surface area (Å²) in [6.07, 6.45) is -10.7. The van der Waals surface area contributed by atoms with Crippen molar-refractivity contribution in [1.82, 2.24) is 0 Å². The van der Waals surface area contributed by atoms with Gasteiger partial charge in [0, 0.05) is 13.5 Å². The number of methoxy groups -OCH3 is 1. The van der Waals surface area contributed by atoms with Crippen LogP contribution >= 0.6 is 0 Å². The van der Waals surface area contributed by atoms with E-state index in [1.165, 1.54) is 14.0 Å². The van der Waals surface area contributed by atoms with Crippen molar-refractivity contribution >= 4 is 17.7 Å². The SMILES string of the molecule is CO[C@H]1O[C@H](CO[C@@H]2O[C@H](COCc3ccccc3)[C@@H](OC(=O)CCC(C)=O)[C@H](OCc3ccccc3)[C@H]2OC(=O)c2ccccc2)[C@@H](OCc2ccccc2)[C@H](OCc2ccccc2)[C@H]1OCc1ccccc1. The summed E-state index contributed by atoms with van der Waals surface area (Å²) in [4.78, 5) is 40.0. The number of ether oxygens (including phenoxy) is 11. The van der Waals surface area contributed by atoms with E-state index in [9.17, 15) is 14.4 Å². The third kappa shape index (κ3) is 15.8. The van der Waals surface area contributed by atoms with Crippen molar-refractivity contribution in [3.63, 3.8) is 0 Å². The zero-order chi connectivity index (χ0) is 51.3. The van der Waals surface area contributed by atoms with Crippen molar-refractivity contribution in [2.75, 3.05) is 20.3 Å². The first-order valence-electron chi connectivity index (χ1n) is 25.0. The first kappa shape index (κ1) is 53.8. The summed E-state index contributed by atoms with van der Waals surface area (Å²) >= 11 is 0. The van der Waals surface area contributed by atoms with Gasteiger partial charge in [-0.1, -0.05) is 170 Å². The second-order valence-corrected chi connectivity index (χ2v) is 18.1. The molecule has 0 radical (unpaired) electrons. The third-order valence-electron chi connectivity index (χ3n) is 12.6. The first-order chi connectivity index (χ1) is 36.3. The summed E-state index contributed by atoms with van der Waals surface area (Å²) in [5, 5.41) is 0. The Morgan fingerprint density at radius 3 is 1.28 bits per heavy atom. The molecule has 0 amide bonds. The molecular formula is C60H64O14. The quantitative estimate of drug-likeness (QED) is 0.0475. The van der Waals surface area contributed by atoms with Crippen molar-refractivity contribution in [2.45, 2.75) is 114 Å². The van der Waals surface area contributed by atoms with Crippen LogP contribution in [0.15, 0.2) is 182 Å². The molecule has 0 N–H and O–H groups in total. The van der Waals surface area contributed by atoms with Crippen LogP contribution < -0.4 is 0 Å². The van der Waals surface area contributed by atoms with Gasteiger partial charge in [0.2, 0.25) is 0 Å². The fraction of sp³-hybridized carbons (Fsp3) is 0.350. The number of carbonyl (C=O) groups excluding carboxylic acids is 3. The maximum absolute atomic E-state index is 14.2. The third-order valence-corrected chi connectivity index (χ3v) is 12.6. The fourth-order valence-corrected chi connectivity index (χ4v) is 8.75. The number of Topliss-reactive ketones (excluding diaryl/α,β-unsaturated/α-hetero) is 1. The van der Waals surface area contributed by atoms with Crippen LogP contribution in [0.25, 0.3) is 0 Å². The molecule has 8 rings (SSSR count). The number of ketones is 1. The predicted octanol–water partition coefficient (Wildman–Crippen LogP) is 9.16. The maximum atomic E-state index is 14.2. The van der Waals surface area contributed by atoms with Crippen molar-refractivity contribution < 1.29 is 66.5 Å². The van der Waals surface area contributed by atoms with Gasteiger partial charge in [0.25, 0.3) is 0 Å². The summed E-state index contributed by atoms with van der Waals surface area (Å²) in [5.41, 5.74) is 4.74. The number of esters is 2. The zero-order valence-corrected chi connectivity index (χ0v) is 41.7. The predicted molar refractivity (Wildman–Crippen MR) is 272 cm³/mol. The Labute approximate surface area is 432 Å². The van der Waals surface area contributed by atoms with Gasteiger partial charge in [0.05, 0.1) is 58.2 Å². The van der Waals surface area contributed by atoms with E-state index in [2.05, 4.69) is 0 Å². The second kappa shape index (κ2) is 28.3. The minimum Gasteiger partial charge on any atom is -0.457 e. The summed E-state index contributed by atoms with van der Waals surface area (Å²) < 4.78 is 72.5. The molecule has 2 heterocycles. The number of carbonyl (C=O) groups is 3. The Balaban J connectivity index is 1.15. The molecule has 2 aliphatic rings. The Morgan fingerprint density at radius 1 is 0.405 bits per heavy atom. The molecule has 2 aliphatic heterocycles. The molecular weight excluding hydrogens is 945 g/mol. The number of rotatable bonds is 26. The van der Waals surface area contributed by atoms with E-state index < -0.39 is 73.4 Å². The van der Waals surface area contributed by atoms with E-state index in [-0.39, 0.29) is 70.4 Å². The van der Waals surface area contributed by atoms with Gasteiger partial charge < -0.3 is 56.9 Å². The van der Waals surface area contributed by atoms with Crippen molar-refractivity contribution in [3.8, 4) is 0 Å². The van der Waals surface area contributed by atoms with Gasteiger partial charge >= 0.3 is 11.9 Å². The standard InChI is InChI=1S/C60H64O14/c1-42(61)33-34-51(62)73-53-49(40-65-35-43-21-9-3-10-22-43)72-60(57(74-58(63)48-31-19-8-20-32-48)55(53)68-38-46-27-15-6-16-28-46)70-41-50-52(66-36-44-23-11-4-12-24-44)54(67-37-45-25-13-5-14-26-45)56(59(64-2)71-50)69-39-47-29-17-7-18-30-47/h3-32,49-50,52-57,59-60H,33-41H2,1-2H3/t49-,50-,52-,53-,54+,55+,56-,57-,59+,60-/m1/s1. The lowest BCUT2D eigenvalue weighted by molar-refractivity contribution is -0.344. The lowest BCUT2D eigenvalue weighted by Crippen LogP contribution is -2.64. The maximum Gasteiger partial charge on any atom is 0.338 e. The highest BCUT2D eigenvalue weighted by Gasteiger charge is 2.54. The molecule has 14 nitrogen and oxygen atoms in total. The molecule has 0 spiro atoms. The Morgan fingerprint density at radius 2 is 0.811 bits per heavy atom. The van der Waals surface area contributed by atoms with Gasteiger partial charge in [-0.3, -0.25) is 4.79 Å².